The van der Waals surface area contributed by atoms with Crippen LogP contribution in [0, 0.1) is 13.8 Å². The predicted molar refractivity (Wildman–Crippen MR) is 61.7 cm³/mol. The molecule has 1 aromatic heterocycles. The van der Waals surface area contributed by atoms with Gasteiger partial charge in [0.05, 0.1) is 5.69 Å². The average molecular weight is 238 g/mol. The summed E-state index contributed by atoms with van der Waals surface area (Å²) in [6, 6.07) is 0. The molecule has 5 heteroatoms. The maximum atomic E-state index is 11.6. The minimum Gasteiger partial charge on any atom is -0.446 e. The van der Waals surface area contributed by atoms with Crippen LogP contribution in [-0.2, 0) is 16.0 Å². The first-order valence-corrected chi connectivity index (χ1v) is 5.99. The van der Waals surface area contributed by atoms with E-state index in [1.807, 2.05) is 13.8 Å². The molecule has 0 bridgehead atoms. The molecule has 0 radical (unpaired) electrons. The number of carbonyl (C=O) groups excluding carboxylic acids is 1. The summed E-state index contributed by atoms with van der Waals surface area (Å²) in [4.78, 5) is 15.8. The van der Waals surface area contributed by atoms with Crippen LogP contribution in [0.15, 0.2) is 4.42 Å². The largest absolute Gasteiger partial charge is 0.446 e. The number of oxazole rings is 1. The molecule has 1 saturated heterocycles. The maximum Gasteiger partial charge on any atom is 0.249 e. The number of aryl methyl sites for hydroxylation is 2. The second-order valence-electron chi connectivity index (χ2n) is 4.28. The van der Waals surface area contributed by atoms with Crippen LogP contribution < -0.4 is 5.32 Å². The number of amides is 1. The van der Waals surface area contributed by atoms with E-state index in [4.69, 9.17) is 9.15 Å². The maximum absolute atomic E-state index is 11.6. The highest BCUT2D eigenvalue weighted by Crippen LogP contribution is 2.12. The minimum absolute atomic E-state index is 0.0172. The standard InChI is InChI=1S/C12H18N2O3/c1-8-10(17-9(2)14-8)5-6-13-12(15)11-4-3-7-16-11/h11H,3-7H2,1-2H3,(H,13,15). The Morgan fingerprint density at radius 3 is 2.94 bits per heavy atom. The third-order valence-electron chi connectivity index (χ3n) is 2.87. The Morgan fingerprint density at radius 2 is 2.35 bits per heavy atom. The van der Waals surface area contributed by atoms with Crippen LogP contribution in [-0.4, -0.2) is 30.1 Å². The van der Waals surface area contributed by atoms with Gasteiger partial charge in [0.25, 0.3) is 0 Å². The molecule has 0 aliphatic carbocycles. The van der Waals surface area contributed by atoms with Gasteiger partial charge in [-0.15, -0.1) is 0 Å². The van der Waals surface area contributed by atoms with E-state index in [2.05, 4.69) is 10.3 Å². The molecule has 0 spiro atoms. The second kappa shape index (κ2) is 5.31. The quantitative estimate of drug-likeness (QED) is 0.854. The Hall–Kier alpha value is -1.36. The molecule has 1 amide bonds. The van der Waals surface area contributed by atoms with Gasteiger partial charge >= 0.3 is 0 Å². The summed E-state index contributed by atoms with van der Waals surface area (Å²) >= 11 is 0. The van der Waals surface area contributed by atoms with E-state index in [0.29, 0.717) is 25.5 Å². The molecule has 2 rings (SSSR count). The van der Waals surface area contributed by atoms with Crippen molar-refractivity contribution in [3.05, 3.63) is 17.3 Å². The van der Waals surface area contributed by atoms with E-state index in [-0.39, 0.29) is 12.0 Å². The topological polar surface area (TPSA) is 64.4 Å². The van der Waals surface area contributed by atoms with E-state index in [9.17, 15) is 4.79 Å². The second-order valence-corrected chi connectivity index (χ2v) is 4.28. The zero-order valence-electron chi connectivity index (χ0n) is 10.3. The summed E-state index contributed by atoms with van der Waals surface area (Å²) in [5.41, 5.74) is 0.897. The Labute approximate surface area is 101 Å². The molecule has 1 N–H and O–H groups in total. The summed E-state index contributed by atoms with van der Waals surface area (Å²) < 4.78 is 10.7. The van der Waals surface area contributed by atoms with Crippen molar-refractivity contribution < 1.29 is 13.9 Å². The molecule has 5 nitrogen and oxygen atoms in total. The van der Waals surface area contributed by atoms with Gasteiger partial charge in [0.2, 0.25) is 5.91 Å². The van der Waals surface area contributed by atoms with E-state index < -0.39 is 0 Å². The first kappa shape index (κ1) is 12.1. The van der Waals surface area contributed by atoms with Crippen molar-refractivity contribution in [2.24, 2.45) is 0 Å². The molecule has 1 aliphatic rings. The molecule has 2 heterocycles. The summed E-state index contributed by atoms with van der Waals surface area (Å²) in [6.07, 6.45) is 2.21. The van der Waals surface area contributed by atoms with Crippen molar-refractivity contribution in [2.45, 2.75) is 39.2 Å². The van der Waals surface area contributed by atoms with Crippen molar-refractivity contribution in [2.75, 3.05) is 13.2 Å². The first-order chi connectivity index (χ1) is 8.16. The van der Waals surface area contributed by atoms with Crippen molar-refractivity contribution in [1.82, 2.24) is 10.3 Å². The molecule has 1 unspecified atom stereocenters. The minimum atomic E-state index is -0.257. The van der Waals surface area contributed by atoms with Crippen LogP contribution in [0.2, 0.25) is 0 Å². The third-order valence-corrected chi connectivity index (χ3v) is 2.87. The van der Waals surface area contributed by atoms with Gasteiger partial charge in [0.1, 0.15) is 11.9 Å². The Kier molecular flexibility index (Phi) is 3.78. The van der Waals surface area contributed by atoms with Gasteiger partial charge in [-0.25, -0.2) is 4.98 Å². The Balaban J connectivity index is 1.75. The zero-order chi connectivity index (χ0) is 12.3. The summed E-state index contributed by atoms with van der Waals surface area (Å²) in [6.45, 7) is 4.99. The van der Waals surface area contributed by atoms with Gasteiger partial charge in [-0.2, -0.15) is 0 Å². The first-order valence-electron chi connectivity index (χ1n) is 5.99. The number of rotatable bonds is 4. The molecule has 0 saturated carbocycles. The van der Waals surface area contributed by atoms with Crippen molar-refractivity contribution in [1.29, 1.82) is 0 Å². The lowest BCUT2D eigenvalue weighted by atomic mass is 10.2. The van der Waals surface area contributed by atoms with Crippen LogP contribution >= 0.6 is 0 Å². The van der Waals surface area contributed by atoms with E-state index >= 15 is 0 Å². The normalized spacial score (nSPS) is 19.5. The number of nitrogens with one attached hydrogen (secondary N) is 1. The highest BCUT2D eigenvalue weighted by atomic mass is 16.5. The van der Waals surface area contributed by atoms with Gasteiger partial charge in [0.15, 0.2) is 5.89 Å². The SMILES string of the molecule is Cc1nc(C)c(CCNC(=O)C2CCCO2)o1. The highest BCUT2D eigenvalue weighted by molar-refractivity contribution is 5.80. The Morgan fingerprint density at radius 1 is 1.53 bits per heavy atom. The molecule has 0 aromatic carbocycles. The fourth-order valence-electron chi connectivity index (χ4n) is 2.00. The zero-order valence-corrected chi connectivity index (χ0v) is 10.3. The average Bonchev–Trinajstić information content (AvgIpc) is 2.89. The van der Waals surface area contributed by atoms with Crippen LogP contribution in [0.3, 0.4) is 0 Å². The molecule has 1 aliphatic heterocycles. The molecule has 1 atom stereocenters. The van der Waals surface area contributed by atoms with E-state index in [1.54, 1.807) is 0 Å². The molecule has 94 valence electrons. The summed E-state index contributed by atoms with van der Waals surface area (Å²) in [7, 11) is 0. The fraction of sp³-hybridized carbons (Fsp3) is 0.667. The molecule has 17 heavy (non-hydrogen) atoms. The van der Waals surface area contributed by atoms with Gasteiger partial charge in [-0.3, -0.25) is 4.79 Å². The molecule has 1 fully saturated rings. The smallest absolute Gasteiger partial charge is 0.249 e. The van der Waals surface area contributed by atoms with Gasteiger partial charge < -0.3 is 14.5 Å². The van der Waals surface area contributed by atoms with Crippen LogP contribution in [0.25, 0.3) is 0 Å². The van der Waals surface area contributed by atoms with Gasteiger partial charge in [0, 0.05) is 26.5 Å². The fourth-order valence-corrected chi connectivity index (χ4v) is 2.00. The monoisotopic (exact) mass is 238 g/mol. The predicted octanol–water partition coefficient (Wildman–Crippen LogP) is 1.13. The molecular formula is C12H18N2O3. The number of carbonyl (C=O) groups is 1. The van der Waals surface area contributed by atoms with Gasteiger partial charge in [-0.1, -0.05) is 0 Å². The number of nitrogens with zero attached hydrogens (tertiary/aromatic N) is 1. The third kappa shape index (κ3) is 3.06. The summed E-state index contributed by atoms with van der Waals surface area (Å²) in [5, 5.41) is 2.86. The van der Waals surface area contributed by atoms with Crippen LogP contribution in [0.5, 0.6) is 0 Å². The number of hydrogen-bond donors (Lipinski definition) is 1. The van der Waals surface area contributed by atoms with E-state index in [1.165, 1.54) is 0 Å². The van der Waals surface area contributed by atoms with Crippen molar-refractivity contribution >= 4 is 5.91 Å². The highest BCUT2D eigenvalue weighted by Gasteiger charge is 2.23. The molecule has 1 aromatic rings. The lowest BCUT2D eigenvalue weighted by molar-refractivity contribution is -0.130. The number of aromatic nitrogens is 1. The Bertz CT molecular complexity index is 394. The van der Waals surface area contributed by atoms with Gasteiger partial charge in [-0.05, 0) is 19.8 Å². The van der Waals surface area contributed by atoms with Crippen molar-refractivity contribution in [3.63, 3.8) is 0 Å². The summed E-state index contributed by atoms with van der Waals surface area (Å²) in [5.74, 6) is 1.49. The molecular weight excluding hydrogens is 220 g/mol. The lowest BCUT2D eigenvalue weighted by Crippen LogP contribution is -2.35. The van der Waals surface area contributed by atoms with Crippen LogP contribution in [0.4, 0.5) is 0 Å². The van der Waals surface area contributed by atoms with E-state index in [0.717, 1.165) is 24.3 Å². The number of hydrogen-bond acceptors (Lipinski definition) is 4. The van der Waals surface area contributed by atoms with Crippen LogP contribution in [0.1, 0.15) is 30.2 Å². The van der Waals surface area contributed by atoms with Crippen molar-refractivity contribution in [3.8, 4) is 0 Å². The lowest BCUT2D eigenvalue weighted by Gasteiger charge is -2.09. The number of ether oxygens (including phenoxy) is 1.